The Morgan fingerprint density at radius 1 is 1.09 bits per heavy atom. The number of pyridine rings is 1. The number of halogens is 1. The van der Waals surface area contributed by atoms with Crippen LogP contribution in [0.2, 0.25) is 5.02 Å². The van der Waals surface area contributed by atoms with E-state index in [4.69, 9.17) is 11.6 Å². The first kappa shape index (κ1) is 21.3. The van der Waals surface area contributed by atoms with E-state index in [0.29, 0.717) is 18.4 Å². The molecule has 1 amide bonds. The highest BCUT2D eigenvalue weighted by Gasteiger charge is 2.32. The van der Waals surface area contributed by atoms with Gasteiger partial charge >= 0.3 is 0 Å². The Labute approximate surface area is 194 Å². The zero-order chi connectivity index (χ0) is 22.4. The number of nitrogens with zero attached hydrogens (tertiary/aromatic N) is 5. The Bertz CT molecular complexity index is 1160. The number of aromatic nitrogens is 3. The fraction of sp³-hybridized carbons (Fsp3) is 0.480. The molecule has 0 atom stereocenters. The summed E-state index contributed by atoms with van der Waals surface area (Å²) in [6.45, 7) is 10.5. The third-order valence-electron chi connectivity index (χ3n) is 6.89. The zero-order valence-corrected chi connectivity index (χ0v) is 19.8. The molecule has 5 rings (SSSR count). The molecule has 7 heteroatoms. The molecule has 0 spiro atoms. The highest BCUT2D eigenvalue weighted by molar-refractivity contribution is 6.31. The number of imidazole rings is 1. The van der Waals surface area contributed by atoms with Crippen molar-refractivity contribution in [2.75, 3.05) is 24.5 Å². The molecule has 1 fully saturated rings. The number of carbonyl (C=O) groups is 1. The highest BCUT2D eigenvalue weighted by atomic mass is 35.5. The molecule has 0 unspecified atom stereocenters. The van der Waals surface area contributed by atoms with Gasteiger partial charge in [-0.3, -0.25) is 9.78 Å². The summed E-state index contributed by atoms with van der Waals surface area (Å²) in [5, 5.41) is 1.81. The number of hydrogen-bond acceptors (Lipinski definition) is 4. The average molecular weight is 452 g/mol. The summed E-state index contributed by atoms with van der Waals surface area (Å²) in [5.41, 5.74) is 4.46. The maximum atomic E-state index is 13.3. The van der Waals surface area contributed by atoms with Crippen LogP contribution in [0.15, 0.2) is 30.6 Å². The first-order valence-electron chi connectivity index (χ1n) is 11.5. The number of aryl methyl sites for hydroxylation is 1. The van der Waals surface area contributed by atoms with Crippen molar-refractivity contribution in [3.8, 4) is 0 Å². The van der Waals surface area contributed by atoms with Crippen molar-refractivity contribution in [1.82, 2.24) is 19.4 Å². The highest BCUT2D eigenvalue weighted by Crippen LogP contribution is 2.34. The van der Waals surface area contributed by atoms with Gasteiger partial charge in [0.1, 0.15) is 5.82 Å². The van der Waals surface area contributed by atoms with E-state index in [-0.39, 0.29) is 5.92 Å². The standard InChI is InChI=1S/C25H30ClN5O/c1-16(2)24-28-14-20-15-30(10-11-31(20)24)25(32)18-6-8-29(9-7-18)23-17(3)13-27-22-5-4-19(26)12-21(22)23/h4-5,12-14,16,18H,6-11,15H2,1-3H3. The first-order chi connectivity index (χ1) is 15.4. The maximum absolute atomic E-state index is 13.3. The Morgan fingerprint density at radius 3 is 2.62 bits per heavy atom. The Morgan fingerprint density at radius 2 is 1.88 bits per heavy atom. The molecular formula is C25H30ClN5O. The van der Waals surface area contributed by atoms with Gasteiger partial charge in [0.15, 0.2) is 0 Å². The van der Waals surface area contributed by atoms with Gasteiger partial charge in [-0.1, -0.05) is 25.4 Å². The molecule has 0 bridgehead atoms. The van der Waals surface area contributed by atoms with E-state index < -0.39 is 0 Å². The molecule has 4 heterocycles. The van der Waals surface area contributed by atoms with Gasteiger partial charge in [-0.2, -0.15) is 0 Å². The van der Waals surface area contributed by atoms with Crippen molar-refractivity contribution in [2.45, 2.75) is 52.6 Å². The van der Waals surface area contributed by atoms with Gasteiger partial charge in [0.2, 0.25) is 5.91 Å². The predicted molar refractivity (Wildman–Crippen MR) is 128 cm³/mol. The zero-order valence-electron chi connectivity index (χ0n) is 19.0. The van der Waals surface area contributed by atoms with Crippen LogP contribution in [0.4, 0.5) is 5.69 Å². The Balaban J connectivity index is 1.28. The van der Waals surface area contributed by atoms with Gasteiger partial charge in [0.25, 0.3) is 0 Å². The molecule has 6 nitrogen and oxygen atoms in total. The molecule has 0 aliphatic carbocycles. The second kappa shape index (κ2) is 8.39. The second-order valence-electron chi connectivity index (χ2n) is 9.39. The first-order valence-corrected chi connectivity index (χ1v) is 11.9. The molecule has 168 valence electrons. The lowest BCUT2D eigenvalue weighted by Crippen LogP contribution is -2.45. The summed E-state index contributed by atoms with van der Waals surface area (Å²) < 4.78 is 2.29. The molecule has 3 aromatic rings. The summed E-state index contributed by atoms with van der Waals surface area (Å²) in [6.07, 6.45) is 5.62. The number of hydrogen-bond donors (Lipinski definition) is 0. The summed E-state index contributed by atoms with van der Waals surface area (Å²) in [5.74, 6) is 1.91. The van der Waals surface area contributed by atoms with Gasteiger partial charge in [0.05, 0.1) is 29.6 Å². The summed E-state index contributed by atoms with van der Waals surface area (Å²) in [7, 11) is 0. The second-order valence-corrected chi connectivity index (χ2v) is 9.82. The van der Waals surface area contributed by atoms with Gasteiger partial charge in [-0.25, -0.2) is 4.98 Å². The molecule has 1 saturated heterocycles. The smallest absolute Gasteiger partial charge is 0.226 e. The van der Waals surface area contributed by atoms with Gasteiger partial charge in [0, 0.05) is 54.6 Å². The van der Waals surface area contributed by atoms with Gasteiger partial charge in [-0.15, -0.1) is 0 Å². The number of rotatable bonds is 3. The molecule has 0 N–H and O–H groups in total. The quantitative estimate of drug-likeness (QED) is 0.575. The van der Waals surface area contributed by atoms with E-state index in [9.17, 15) is 4.79 Å². The Hall–Kier alpha value is -2.60. The van der Waals surface area contributed by atoms with E-state index in [2.05, 4.69) is 40.2 Å². The number of piperidine rings is 1. The van der Waals surface area contributed by atoms with Crippen LogP contribution in [0.5, 0.6) is 0 Å². The topological polar surface area (TPSA) is 54.3 Å². The van der Waals surface area contributed by atoms with Crippen molar-refractivity contribution < 1.29 is 4.79 Å². The summed E-state index contributed by atoms with van der Waals surface area (Å²) in [6, 6.07) is 5.87. The Kier molecular flexibility index (Phi) is 5.58. The van der Waals surface area contributed by atoms with E-state index in [1.165, 1.54) is 5.69 Å². The summed E-state index contributed by atoms with van der Waals surface area (Å²) in [4.78, 5) is 26.9. The number of carbonyl (C=O) groups excluding carboxylic acids is 1. The van der Waals surface area contributed by atoms with Crippen LogP contribution in [-0.2, 0) is 17.9 Å². The van der Waals surface area contributed by atoms with Crippen LogP contribution in [0, 0.1) is 12.8 Å². The maximum Gasteiger partial charge on any atom is 0.226 e. The van der Waals surface area contributed by atoms with Crippen LogP contribution in [0.1, 0.15) is 49.7 Å². The van der Waals surface area contributed by atoms with Crippen molar-refractivity contribution in [2.24, 2.45) is 5.92 Å². The third kappa shape index (κ3) is 3.75. The van der Waals surface area contributed by atoms with Gasteiger partial charge in [-0.05, 0) is 43.5 Å². The lowest BCUT2D eigenvalue weighted by Gasteiger charge is -2.37. The van der Waals surface area contributed by atoms with Crippen LogP contribution in [0.3, 0.4) is 0 Å². The largest absolute Gasteiger partial charge is 0.371 e. The molecular weight excluding hydrogens is 422 g/mol. The van der Waals surface area contributed by atoms with Crippen molar-refractivity contribution >= 4 is 34.1 Å². The predicted octanol–water partition coefficient (Wildman–Crippen LogP) is 4.78. The molecule has 2 aliphatic heterocycles. The average Bonchev–Trinajstić information content (AvgIpc) is 3.22. The molecule has 0 radical (unpaired) electrons. The molecule has 1 aromatic carbocycles. The lowest BCUT2D eigenvalue weighted by molar-refractivity contribution is -0.137. The molecule has 0 saturated carbocycles. The SMILES string of the molecule is Cc1cnc2ccc(Cl)cc2c1N1CCC(C(=O)N2CCn3c(cnc3C(C)C)C2)CC1. The van der Waals surface area contributed by atoms with Gasteiger partial charge < -0.3 is 14.4 Å². The summed E-state index contributed by atoms with van der Waals surface area (Å²) >= 11 is 6.28. The number of fused-ring (bicyclic) bond motifs is 2. The monoisotopic (exact) mass is 451 g/mol. The van der Waals surface area contributed by atoms with Crippen LogP contribution >= 0.6 is 11.6 Å². The minimum atomic E-state index is 0.0855. The lowest BCUT2D eigenvalue weighted by atomic mass is 9.93. The molecule has 2 aliphatic rings. The van der Waals surface area contributed by atoms with Crippen molar-refractivity contribution in [1.29, 1.82) is 0 Å². The van der Waals surface area contributed by atoms with E-state index >= 15 is 0 Å². The van der Waals surface area contributed by atoms with Crippen molar-refractivity contribution in [3.05, 3.63) is 52.7 Å². The molecule has 2 aromatic heterocycles. The number of anilines is 1. The van der Waals surface area contributed by atoms with Crippen LogP contribution in [-0.4, -0.2) is 45.0 Å². The minimum absolute atomic E-state index is 0.0855. The molecule has 32 heavy (non-hydrogen) atoms. The van der Waals surface area contributed by atoms with Crippen molar-refractivity contribution in [3.63, 3.8) is 0 Å². The normalized spacial score (nSPS) is 17.3. The van der Waals surface area contributed by atoms with Crippen LogP contribution in [0.25, 0.3) is 10.9 Å². The minimum Gasteiger partial charge on any atom is -0.371 e. The number of benzene rings is 1. The third-order valence-corrected chi connectivity index (χ3v) is 7.12. The fourth-order valence-corrected chi connectivity index (χ4v) is 5.41. The van der Waals surface area contributed by atoms with E-state index in [0.717, 1.165) is 72.0 Å². The van der Waals surface area contributed by atoms with E-state index in [1.54, 1.807) is 0 Å². The van der Waals surface area contributed by atoms with E-state index in [1.807, 2.05) is 35.5 Å². The van der Waals surface area contributed by atoms with Crippen LogP contribution < -0.4 is 4.90 Å². The fourth-order valence-electron chi connectivity index (χ4n) is 5.23. The number of amides is 1.